The van der Waals surface area contributed by atoms with Gasteiger partial charge >= 0.3 is 5.69 Å². The summed E-state index contributed by atoms with van der Waals surface area (Å²) < 4.78 is 6.59. The maximum atomic E-state index is 13.0. The van der Waals surface area contributed by atoms with Gasteiger partial charge in [-0.25, -0.2) is 4.79 Å². The van der Waals surface area contributed by atoms with E-state index in [2.05, 4.69) is 21.7 Å². The summed E-state index contributed by atoms with van der Waals surface area (Å²) in [6, 6.07) is 10.3. The number of hydrogen-bond donors (Lipinski definition) is 0. The Kier molecular flexibility index (Phi) is 4.50. The van der Waals surface area contributed by atoms with E-state index in [9.17, 15) is 9.59 Å². The van der Waals surface area contributed by atoms with Gasteiger partial charge in [-0.2, -0.15) is 4.98 Å². The second-order valence-electron chi connectivity index (χ2n) is 6.94. The number of imidazole rings is 2. The van der Waals surface area contributed by atoms with Crippen LogP contribution < -0.4 is 11.2 Å². The lowest BCUT2D eigenvalue weighted by molar-refractivity contribution is 0.665. The van der Waals surface area contributed by atoms with Crippen molar-refractivity contribution in [3.8, 4) is 0 Å². The Morgan fingerprint density at radius 3 is 2.57 bits per heavy atom. The predicted octanol–water partition coefficient (Wildman–Crippen LogP) is 2.28. The van der Waals surface area contributed by atoms with Crippen LogP contribution in [-0.2, 0) is 26.6 Å². The largest absolute Gasteiger partial charge is 0.332 e. The highest BCUT2D eigenvalue weighted by molar-refractivity contribution is 5.75. The first-order chi connectivity index (χ1) is 13.5. The number of rotatable bonds is 5. The zero-order chi connectivity index (χ0) is 19.8. The second kappa shape index (κ2) is 6.99. The quantitative estimate of drug-likeness (QED) is 0.501. The lowest BCUT2D eigenvalue weighted by Crippen LogP contribution is -2.39. The number of benzene rings is 1. The third kappa shape index (κ3) is 2.79. The van der Waals surface area contributed by atoms with Crippen LogP contribution in [0.25, 0.3) is 16.9 Å². The Labute approximate surface area is 161 Å². The molecule has 0 aliphatic carbocycles. The van der Waals surface area contributed by atoms with Crippen molar-refractivity contribution in [1.29, 1.82) is 0 Å². The van der Waals surface area contributed by atoms with Gasteiger partial charge in [-0.05, 0) is 25.8 Å². The first kappa shape index (κ1) is 18.0. The number of allylic oxidation sites excluding steroid dienone is 2. The van der Waals surface area contributed by atoms with Crippen molar-refractivity contribution in [2.45, 2.75) is 33.4 Å². The molecule has 0 fully saturated rings. The van der Waals surface area contributed by atoms with E-state index in [0.717, 1.165) is 18.7 Å². The summed E-state index contributed by atoms with van der Waals surface area (Å²) in [7, 11) is 1.66. The topological polar surface area (TPSA) is 66.2 Å². The summed E-state index contributed by atoms with van der Waals surface area (Å²) in [5.41, 5.74) is 2.44. The molecule has 7 heteroatoms. The highest BCUT2D eigenvalue weighted by atomic mass is 16.2. The fraction of sp³-hybridized carbons (Fsp3) is 0.286. The maximum Gasteiger partial charge on any atom is 0.332 e. The number of fused-ring (bicyclic) bond motifs is 3. The molecule has 0 saturated carbocycles. The molecule has 4 rings (SSSR count). The van der Waals surface area contributed by atoms with E-state index in [-0.39, 0.29) is 17.8 Å². The number of aryl methyl sites for hydroxylation is 4. The van der Waals surface area contributed by atoms with E-state index in [1.54, 1.807) is 13.1 Å². The molecule has 0 aliphatic heterocycles. The molecule has 1 aromatic carbocycles. The fourth-order valence-corrected chi connectivity index (χ4v) is 3.59. The first-order valence-electron chi connectivity index (χ1n) is 9.35. The summed E-state index contributed by atoms with van der Waals surface area (Å²) in [4.78, 5) is 30.3. The van der Waals surface area contributed by atoms with Crippen LogP contribution in [-0.4, -0.2) is 23.1 Å². The first-order valence-corrected chi connectivity index (χ1v) is 9.35. The Bertz CT molecular complexity index is 1300. The van der Waals surface area contributed by atoms with Crippen molar-refractivity contribution >= 4 is 16.9 Å². The zero-order valence-electron chi connectivity index (χ0n) is 16.3. The highest BCUT2D eigenvalue weighted by Gasteiger charge is 2.19. The Balaban J connectivity index is 1.88. The van der Waals surface area contributed by atoms with Crippen LogP contribution in [0.15, 0.2) is 58.3 Å². The zero-order valence-corrected chi connectivity index (χ0v) is 16.3. The van der Waals surface area contributed by atoms with Crippen LogP contribution in [0.1, 0.15) is 18.2 Å². The van der Waals surface area contributed by atoms with E-state index in [4.69, 9.17) is 0 Å². The second-order valence-corrected chi connectivity index (χ2v) is 6.94. The molecule has 3 heterocycles. The van der Waals surface area contributed by atoms with Gasteiger partial charge in [0.05, 0.1) is 0 Å². The smallest absolute Gasteiger partial charge is 0.314 e. The third-order valence-corrected chi connectivity index (χ3v) is 5.13. The minimum absolute atomic E-state index is 0.249. The molecule has 0 unspecified atom stereocenters. The Morgan fingerprint density at radius 1 is 1.11 bits per heavy atom. The van der Waals surface area contributed by atoms with Gasteiger partial charge < -0.3 is 4.57 Å². The van der Waals surface area contributed by atoms with Crippen LogP contribution in [0.3, 0.4) is 0 Å². The van der Waals surface area contributed by atoms with Gasteiger partial charge in [0.25, 0.3) is 5.56 Å². The maximum absolute atomic E-state index is 13.0. The average molecular weight is 377 g/mol. The molecule has 4 aromatic rings. The Hall–Kier alpha value is -3.35. The van der Waals surface area contributed by atoms with E-state index in [0.29, 0.717) is 16.9 Å². The molecule has 0 amide bonds. The highest BCUT2D eigenvalue weighted by Crippen LogP contribution is 2.17. The molecular formula is C21H23N5O2. The summed E-state index contributed by atoms with van der Waals surface area (Å²) >= 11 is 0. The monoisotopic (exact) mass is 377 g/mol. The predicted molar refractivity (Wildman–Crippen MR) is 110 cm³/mol. The average Bonchev–Trinajstić information content (AvgIpc) is 3.20. The lowest BCUT2D eigenvalue weighted by atomic mass is 10.1. The molecule has 0 spiro atoms. The van der Waals surface area contributed by atoms with Gasteiger partial charge in [0.15, 0.2) is 11.2 Å². The van der Waals surface area contributed by atoms with Gasteiger partial charge in [0, 0.05) is 32.0 Å². The fourth-order valence-electron chi connectivity index (χ4n) is 3.59. The molecule has 0 saturated heterocycles. The van der Waals surface area contributed by atoms with Gasteiger partial charge in [-0.3, -0.25) is 18.3 Å². The van der Waals surface area contributed by atoms with Crippen LogP contribution in [0.5, 0.6) is 0 Å². The summed E-state index contributed by atoms with van der Waals surface area (Å²) in [6.07, 6.45) is 6.40. The molecule has 3 aromatic heterocycles. The van der Waals surface area contributed by atoms with Crippen molar-refractivity contribution in [3.05, 3.63) is 80.8 Å². The van der Waals surface area contributed by atoms with E-state index in [1.165, 1.54) is 14.7 Å². The minimum atomic E-state index is -0.357. The van der Waals surface area contributed by atoms with Gasteiger partial charge in [0.1, 0.15) is 0 Å². The molecular weight excluding hydrogens is 354 g/mol. The number of hydrogen-bond acceptors (Lipinski definition) is 3. The van der Waals surface area contributed by atoms with E-state index in [1.807, 2.05) is 48.7 Å². The molecule has 144 valence electrons. The van der Waals surface area contributed by atoms with Crippen LogP contribution in [0.4, 0.5) is 0 Å². The number of aromatic nitrogens is 5. The minimum Gasteiger partial charge on any atom is -0.314 e. The summed E-state index contributed by atoms with van der Waals surface area (Å²) in [5, 5.41) is 0. The van der Waals surface area contributed by atoms with Crippen molar-refractivity contribution in [2.75, 3.05) is 0 Å². The van der Waals surface area contributed by atoms with Crippen molar-refractivity contribution in [3.63, 3.8) is 0 Å². The SMILES string of the molecule is CC=CCn1c(=O)c2c(nc3n(CCc4ccccc4)c(C)cn23)n(C)c1=O. The third-order valence-electron chi connectivity index (χ3n) is 5.13. The van der Waals surface area contributed by atoms with Gasteiger partial charge in [0.2, 0.25) is 5.78 Å². The van der Waals surface area contributed by atoms with Crippen LogP contribution in [0.2, 0.25) is 0 Å². The Morgan fingerprint density at radius 2 is 1.86 bits per heavy atom. The molecule has 0 aliphatic rings. The molecule has 7 nitrogen and oxygen atoms in total. The standard InChI is InChI=1S/C21H23N5O2/c1-4-5-12-25-19(27)17-18(23(3)21(25)28)22-20-24(15(2)14-26(17)20)13-11-16-9-7-6-8-10-16/h4-10,14H,11-13H2,1-3H3. The number of nitrogens with zero attached hydrogens (tertiary/aromatic N) is 5. The molecule has 0 N–H and O–H groups in total. The lowest BCUT2D eigenvalue weighted by Gasteiger charge is -2.06. The molecule has 28 heavy (non-hydrogen) atoms. The van der Waals surface area contributed by atoms with Crippen LogP contribution >= 0.6 is 0 Å². The summed E-state index contributed by atoms with van der Waals surface area (Å²) in [5.74, 6) is 0.680. The van der Waals surface area contributed by atoms with Crippen molar-refractivity contribution in [1.82, 2.24) is 23.1 Å². The van der Waals surface area contributed by atoms with Gasteiger partial charge in [-0.15, -0.1) is 0 Å². The van der Waals surface area contributed by atoms with Crippen molar-refractivity contribution < 1.29 is 0 Å². The normalized spacial score (nSPS) is 12.0. The molecule has 0 radical (unpaired) electrons. The van der Waals surface area contributed by atoms with Crippen LogP contribution in [0, 0.1) is 6.92 Å². The molecule has 0 bridgehead atoms. The van der Waals surface area contributed by atoms with E-state index >= 15 is 0 Å². The van der Waals surface area contributed by atoms with Gasteiger partial charge in [-0.1, -0.05) is 42.5 Å². The molecule has 0 atom stereocenters. The van der Waals surface area contributed by atoms with E-state index < -0.39 is 0 Å². The summed E-state index contributed by atoms with van der Waals surface area (Å²) in [6.45, 7) is 4.86. The van der Waals surface area contributed by atoms with Crippen molar-refractivity contribution in [2.24, 2.45) is 7.05 Å².